The van der Waals surface area contributed by atoms with Crippen LogP contribution in [0.4, 0.5) is 10.5 Å². The van der Waals surface area contributed by atoms with Crippen LogP contribution in [0.2, 0.25) is 10.0 Å². The predicted octanol–water partition coefficient (Wildman–Crippen LogP) is 6.86. The Bertz CT molecular complexity index is 1370. The highest BCUT2D eigenvalue weighted by atomic mass is 35.5. The molecule has 0 radical (unpaired) electrons. The van der Waals surface area contributed by atoms with E-state index in [9.17, 15) is 14.4 Å². The summed E-state index contributed by atoms with van der Waals surface area (Å²) in [4.78, 5) is 39.0. The highest BCUT2D eigenvalue weighted by Gasteiger charge is 2.35. The molecule has 0 aliphatic carbocycles. The van der Waals surface area contributed by atoms with Crippen molar-refractivity contribution in [3.63, 3.8) is 0 Å². The largest absolute Gasteiger partial charge is 0.484 e. The minimum absolute atomic E-state index is 0.0644. The van der Waals surface area contributed by atoms with Gasteiger partial charge in [-0.1, -0.05) is 53.5 Å². The zero-order valence-electron chi connectivity index (χ0n) is 19.5. The number of hydrogen-bond donors (Lipinski definition) is 1. The molecule has 1 fully saturated rings. The summed E-state index contributed by atoms with van der Waals surface area (Å²) in [5.74, 6) is -0.143. The average Bonchev–Trinajstić information content (AvgIpc) is 3.10. The van der Waals surface area contributed by atoms with Gasteiger partial charge in [0.2, 0.25) is 0 Å². The molecule has 0 spiro atoms. The number of ether oxygens (including phenoxy) is 1. The number of benzene rings is 3. The molecule has 1 saturated heterocycles. The lowest BCUT2D eigenvalue weighted by molar-refractivity contribution is -0.123. The van der Waals surface area contributed by atoms with Crippen molar-refractivity contribution in [1.29, 1.82) is 0 Å². The molecule has 1 aliphatic rings. The fourth-order valence-corrected chi connectivity index (χ4v) is 4.78. The van der Waals surface area contributed by atoms with Gasteiger partial charge in [0.1, 0.15) is 5.75 Å². The van der Waals surface area contributed by atoms with Crippen LogP contribution in [0.25, 0.3) is 6.08 Å². The first kappa shape index (κ1) is 25.8. The number of nitrogens with one attached hydrogen (secondary N) is 1. The van der Waals surface area contributed by atoms with E-state index in [0.29, 0.717) is 26.3 Å². The lowest BCUT2D eigenvalue weighted by Gasteiger charge is -2.13. The maximum Gasteiger partial charge on any atom is 0.293 e. The Hall–Kier alpha value is -3.26. The molecule has 6 nitrogen and oxygen atoms in total. The molecule has 1 N–H and O–H groups in total. The van der Waals surface area contributed by atoms with E-state index < -0.39 is 0 Å². The van der Waals surface area contributed by atoms with E-state index in [1.807, 2.05) is 32.0 Å². The van der Waals surface area contributed by atoms with Crippen molar-refractivity contribution in [1.82, 2.24) is 4.90 Å². The molecule has 0 atom stereocenters. The summed E-state index contributed by atoms with van der Waals surface area (Å²) in [6.07, 6.45) is 1.64. The molecule has 184 valence electrons. The standard InChI is InChI=1S/C27H22Cl2N2O4S/c1-16-3-4-17(2)23(11-16)30-25(32)15-35-21-9-5-18(6-10-21)12-24-26(33)31(27(34)36-24)14-19-7-8-20(28)13-22(19)29/h3-13H,14-15H2,1-2H3,(H,30,32)/b24-12-. The molecule has 3 amide bonds. The van der Waals surface area contributed by atoms with E-state index in [0.717, 1.165) is 39.0 Å². The number of imide groups is 1. The van der Waals surface area contributed by atoms with Gasteiger partial charge in [0.25, 0.3) is 17.1 Å². The van der Waals surface area contributed by atoms with Crippen LogP contribution in [0.1, 0.15) is 22.3 Å². The second-order valence-corrected chi connectivity index (χ2v) is 10.1. The van der Waals surface area contributed by atoms with Gasteiger partial charge in [0, 0.05) is 15.7 Å². The quantitative estimate of drug-likeness (QED) is 0.331. The molecule has 1 heterocycles. The van der Waals surface area contributed by atoms with Gasteiger partial charge in [-0.05, 0) is 84.3 Å². The molecular weight excluding hydrogens is 519 g/mol. The molecule has 1 aliphatic heterocycles. The average molecular weight is 541 g/mol. The molecule has 4 rings (SSSR count). The van der Waals surface area contributed by atoms with Gasteiger partial charge in [-0.15, -0.1) is 0 Å². The van der Waals surface area contributed by atoms with Crippen molar-refractivity contribution in [3.8, 4) is 5.75 Å². The summed E-state index contributed by atoms with van der Waals surface area (Å²) in [7, 11) is 0. The highest BCUT2D eigenvalue weighted by Crippen LogP contribution is 2.34. The summed E-state index contributed by atoms with van der Waals surface area (Å²) < 4.78 is 5.59. The molecule has 9 heteroatoms. The van der Waals surface area contributed by atoms with E-state index >= 15 is 0 Å². The summed E-state index contributed by atoms with van der Waals surface area (Å²) in [5, 5.41) is 3.36. The number of aryl methyl sites for hydroxylation is 2. The molecule has 3 aromatic rings. The maximum absolute atomic E-state index is 12.8. The number of amides is 3. The van der Waals surface area contributed by atoms with Gasteiger partial charge in [-0.3, -0.25) is 19.3 Å². The number of hydrogen-bond acceptors (Lipinski definition) is 5. The van der Waals surface area contributed by atoms with Gasteiger partial charge >= 0.3 is 0 Å². The fraction of sp³-hybridized carbons (Fsp3) is 0.148. The second kappa shape index (κ2) is 11.2. The van der Waals surface area contributed by atoms with Crippen molar-refractivity contribution in [3.05, 3.63) is 97.9 Å². The third-order valence-corrected chi connectivity index (χ3v) is 6.93. The Morgan fingerprint density at radius 2 is 1.78 bits per heavy atom. The highest BCUT2D eigenvalue weighted by molar-refractivity contribution is 8.18. The topological polar surface area (TPSA) is 75.7 Å². The minimum atomic E-state index is -0.389. The van der Waals surface area contributed by atoms with Crippen LogP contribution in [-0.4, -0.2) is 28.6 Å². The zero-order chi connectivity index (χ0) is 25.8. The molecule has 0 aromatic heterocycles. The summed E-state index contributed by atoms with van der Waals surface area (Å²) in [6, 6.07) is 17.7. The minimum Gasteiger partial charge on any atom is -0.484 e. The Kier molecular flexibility index (Phi) is 8.04. The molecule has 3 aromatic carbocycles. The van der Waals surface area contributed by atoms with Crippen LogP contribution in [0.15, 0.2) is 65.6 Å². The molecule has 0 unspecified atom stereocenters. The Morgan fingerprint density at radius 3 is 2.50 bits per heavy atom. The van der Waals surface area contributed by atoms with E-state index in [2.05, 4.69) is 5.32 Å². The lowest BCUT2D eigenvalue weighted by Crippen LogP contribution is -2.27. The van der Waals surface area contributed by atoms with Gasteiger partial charge in [0.15, 0.2) is 6.61 Å². The summed E-state index contributed by atoms with van der Waals surface area (Å²) in [6.45, 7) is 3.81. The first-order valence-electron chi connectivity index (χ1n) is 11.0. The van der Waals surface area contributed by atoms with Crippen LogP contribution in [0.3, 0.4) is 0 Å². The van der Waals surface area contributed by atoms with Gasteiger partial charge < -0.3 is 10.1 Å². The van der Waals surface area contributed by atoms with E-state index in [4.69, 9.17) is 27.9 Å². The van der Waals surface area contributed by atoms with Crippen molar-refractivity contribution >= 4 is 63.8 Å². The molecule has 36 heavy (non-hydrogen) atoms. The SMILES string of the molecule is Cc1ccc(C)c(NC(=O)COc2ccc(/C=C3\SC(=O)N(Cc4ccc(Cl)cc4Cl)C3=O)cc2)c1. The third-order valence-electron chi connectivity index (χ3n) is 5.43. The zero-order valence-corrected chi connectivity index (χ0v) is 21.8. The van der Waals surface area contributed by atoms with Crippen LogP contribution in [0.5, 0.6) is 5.75 Å². The van der Waals surface area contributed by atoms with Crippen molar-refractivity contribution < 1.29 is 19.1 Å². The Morgan fingerprint density at radius 1 is 1.03 bits per heavy atom. The van der Waals surface area contributed by atoms with Gasteiger partial charge in [-0.25, -0.2) is 0 Å². The number of rotatable bonds is 7. The number of thioether (sulfide) groups is 1. The first-order valence-corrected chi connectivity index (χ1v) is 12.6. The van der Waals surface area contributed by atoms with E-state index in [-0.39, 0.29) is 30.2 Å². The first-order chi connectivity index (χ1) is 17.2. The fourth-order valence-electron chi connectivity index (χ4n) is 3.47. The Labute approximate surface area is 223 Å². The normalized spacial score (nSPS) is 14.4. The molecular formula is C27H22Cl2N2O4S. The smallest absolute Gasteiger partial charge is 0.293 e. The number of nitrogens with zero attached hydrogens (tertiary/aromatic N) is 1. The van der Waals surface area contributed by atoms with Crippen molar-refractivity contribution in [2.75, 3.05) is 11.9 Å². The summed E-state index contributed by atoms with van der Waals surface area (Å²) >= 11 is 13.0. The monoisotopic (exact) mass is 540 g/mol. The number of carbonyl (C=O) groups excluding carboxylic acids is 3. The maximum atomic E-state index is 12.8. The van der Waals surface area contributed by atoms with Gasteiger partial charge in [0.05, 0.1) is 11.4 Å². The van der Waals surface area contributed by atoms with E-state index in [1.165, 1.54) is 0 Å². The van der Waals surface area contributed by atoms with Crippen LogP contribution >= 0.6 is 35.0 Å². The van der Waals surface area contributed by atoms with Crippen molar-refractivity contribution in [2.24, 2.45) is 0 Å². The number of anilines is 1. The predicted molar refractivity (Wildman–Crippen MR) is 144 cm³/mol. The Balaban J connectivity index is 1.35. The summed E-state index contributed by atoms with van der Waals surface area (Å²) in [5.41, 5.74) is 4.13. The van der Waals surface area contributed by atoms with Crippen molar-refractivity contribution in [2.45, 2.75) is 20.4 Å². The number of carbonyl (C=O) groups is 3. The van der Waals surface area contributed by atoms with Crippen LogP contribution in [-0.2, 0) is 16.1 Å². The van der Waals surface area contributed by atoms with Gasteiger partial charge in [-0.2, -0.15) is 0 Å². The van der Waals surface area contributed by atoms with Crippen LogP contribution in [0, 0.1) is 13.8 Å². The molecule has 0 saturated carbocycles. The lowest BCUT2D eigenvalue weighted by atomic mass is 10.1. The molecule has 0 bridgehead atoms. The second-order valence-electron chi connectivity index (χ2n) is 8.23. The van der Waals surface area contributed by atoms with Crippen LogP contribution < -0.4 is 10.1 Å². The van der Waals surface area contributed by atoms with E-state index in [1.54, 1.807) is 48.5 Å². The third kappa shape index (κ3) is 6.29. The number of halogens is 2.